The summed E-state index contributed by atoms with van der Waals surface area (Å²) < 4.78 is 6.74. The molecule has 2 heterocycles. The summed E-state index contributed by atoms with van der Waals surface area (Å²) in [6, 6.07) is 11.4. The standard InChI is InChI=1S/C28H33N7O3/c1-6-7-8-25-29-15-24(34(25)16-21-9-11-22(12-10-21)27(37)38-5)26(36)35(28-30-32-33-31-28)17-23-19(3)13-18(2)14-20(23)4/h9-15H,6-8,16-17H2,1-5H3,(H,30,31,32,33). The van der Waals surface area contributed by atoms with E-state index in [1.807, 2.05) is 30.5 Å². The van der Waals surface area contributed by atoms with Crippen LogP contribution in [0.4, 0.5) is 5.95 Å². The van der Waals surface area contributed by atoms with Gasteiger partial charge in [-0.05, 0) is 66.8 Å². The summed E-state index contributed by atoms with van der Waals surface area (Å²) in [4.78, 5) is 32.1. The molecule has 0 saturated heterocycles. The quantitative estimate of drug-likeness (QED) is 0.312. The first-order valence-corrected chi connectivity index (χ1v) is 12.7. The van der Waals surface area contributed by atoms with Gasteiger partial charge in [0.1, 0.15) is 11.5 Å². The van der Waals surface area contributed by atoms with E-state index in [-0.39, 0.29) is 11.9 Å². The Labute approximate surface area is 222 Å². The van der Waals surface area contributed by atoms with Crippen molar-refractivity contribution in [1.82, 2.24) is 30.2 Å². The summed E-state index contributed by atoms with van der Waals surface area (Å²) in [6.07, 6.45) is 4.31. The molecule has 1 N–H and O–H groups in total. The number of aromatic nitrogens is 6. The van der Waals surface area contributed by atoms with Crippen LogP contribution < -0.4 is 4.90 Å². The van der Waals surface area contributed by atoms with E-state index in [0.29, 0.717) is 24.3 Å². The van der Waals surface area contributed by atoms with Crippen LogP contribution in [-0.4, -0.2) is 49.2 Å². The second-order valence-corrected chi connectivity index (χ2v) is 9.42. The molecule has 0 aliphatic rings. The Kier molecular flexibility index (Phi) is 8.30. The average Bonchev–Trinajstić information content (AvgIpc) is 3.57. The number of carbonyl (C=O) groups is 2. The van der Waals surface area contributed by atoms with Gasteiger partial charge in [0, 0.05) is 13.0 Å². The number of aryl methyl sites for hydroxylation is 4. The van der Waals surface area contributed by atoms with Crippen molar-refractivity contribution in [2.45, 2.75) is 60.0 Å². The van der Waals surface area contributed by atoms with Crippen molar-refractivity contribution in [1.29, 1.82) is 0 Å². The lowest BCUT2D eigenvalue weighted by molar-refractivity contribution is 0.0600. The topological polar surface area (TPSA) is 119 Å². The van der Waals surface area contributed by atoms with Crippen LogP contribution in [0.15, 0.2) is 42.6 Å². The van der Waals surface area contributed by atoms with Gasteiger partial charge in [-0.3, -0.25) is 9.69 Å². The van der Waals surface area contributed by atoms with Crippen molar-refractivity contribution in [3.8, 4) is 0 Å². The highest BCUT2D eigenvalue weighted by molar-refractivity contribution is 6.03. The first kappa shape index (κ1) is 26.7. The molecule has 4 aromatic rings. The van der Waals surface area contributed by atoms with Crippen molar-refractivity contribution >= 4 is 17.8 Å². The highest BCUT2D eigenvalue weighted by Gasteiger charge is 2.27. The van der Waals surface area contributed by atoms with E-state index in [0.717, 1.165) is 52.9 Å². The number of tetrazole rings is 1. The maximum Gasteiger partial charge on any atom is 0.337 e. The molecule has 10 nitrogen and oxygen atoms in total. The number of nitrogens with zero attached hydrogens (tertiary/aromatic N) is 6. The second kappa shape index (κ2) is 11.8. The van der Waals surface area contributed by atoms with Crippen LogP contribution >= 0.6 is 0 Å². The Morgan fingerprint density at radius 1 is 1.08 bits per heavy atom. The number of H-pyrrole nitrogens is 1. The number of ether oxygens (including phenoxy) is 1. The second-order valence-electron chi connectivity index (χ2n) is 9.42. The van der Waals surface area contributed by atoms with Crippen LogP contribution in [0.5, 0.6) is 0 Å². The van der Waals surface area contributed by atoms with Gasteiger partial charge in [-0.15, -0.1) is 5.10 Å². The number of imidazole rings is 1. The molecule has 2 aromatic carbocycles. The van der Waals surface area contributed by atoms with Crippen LogP contribution in [0.2, 0.25) is 0 Å². The molecule has 38 heavy (non-hydrogen) atoms. The van der Waals surface area contributed by atoms with Gasteiger partial charge in [0.2, 0.25) is 0 Å². The Hall–Kier alpha value is -4.34. The van der Waals surface area contributed by atoms with Gasteiger partial charge in [-0.2, -0.15) is 5.21 Å². The monoisotopic (exact) mass is 515 g/mol. The summed E-state index contributed by atoms with van der Waals surface area (Å²) in [5, 5.41) is 14.4. The predicted octanol–water partition coefficient (Wildman–Crippen LogP) is 4.35. The van der Waals surface area contributed by atoms with E-state index in [1.54, 1.807) is 18.3 Å². The molecule has 198 valence electrons. The van der Waals surface area contributed by atoms with Gasteiger partial charge in [-0.1, -0.05) is 48.3 Å². The van der Waals surface area contributed by atoms with Crippen molar-refractivity contribution < 1.29 is 14.3 Å². The van der Waals surface area contributed by atoms with Crippen LogP contribution in [0.1, 0.15) is 74.3 Å². The van der Waals surface area contributed by atoms with E-state index in [9.17, 15) is 9.59 Å². The largest absolute Gasteiger partial charge is 0.465 e. The molecular formula is C28H33N7O3. The van der Waals surface area contributed by atoms with Crippen molar-refractivity contribution in [3.63, 3.8) is 0 Å². The molecule has 0 spiro atoms. The summed E-state index contributed by atoms with van der Waals surface area (Å²) >= 11 is 0. The highest BCUT2D eigenvalue weighted by Crippen LogP contribution is 2.23. The number of unbranched alkanes of at least 4 members (excludes halogenated alkanes) is 1. The highest BCUT2D eigenvalue weighted by atomic mass is 16.5. The van der Waals surface area contributed by atoms with E-state index in [2.05, 4.69) is 51.6 Å². The zero-order valence-electron chi connectivity index (χ0n) is 22.5. The van der Waals surface area contributed by atoms with Crippen LogP contribution in [0, 0.1) is 20.8 Å². The Morgan fingerprint density at radius 2 is 1.79 bits per heavy atom. The molecule has 0 radical (unpaired) electrons. The first-order valence-electron chi connectivity index (χ1n) is 12.7. The number of aromatic amines is 1. The smallest absolute Gasteiger partial charge is 0.337 e. The third kappa shape index (κ3) is 5.80. The number of nitrogens with one attached hydrogen (secondary N) is 1. The van der Waals surface area contributed by atoms with Gasteiger partial charge >= 0.3 is 5.97 Å². The molecule has 0 saturated carbocycles. The summed E-state index contributed by atoms with van der Waals surface area (Å²) in [5.74, 6) is 0.353. The molecule has 10 heteroatoms. The minimum atomic E-state index is -0.392. The number of hydrogen-bond donors (Lipinski definition) is 1. The maximum atomic E-state index is 14.1. The van der Waals surface area contributed by atoms with Crippen molar-refractivity contribution in [3.05, 3.63) is 87.5 Å². The molecule has 0 aliphatic heterocycles. The number of esters is 1. The van der Waals surface area contributed by atoms with Crippen molar-refractivity contribution in [2.24, 2.45) is 0 Å². The number of amides is 1. The molecule has 4 rings (SSSR count). The summed E-state index contributed by atoms with van der Waals surface area (Å²) in [7, 11) is 1.36. The number of hydrogen-bond acceptors (Lipinski definition) is 7. The Bertz CT molecular complexity index is 1390. The van der Waals surface area contributed by atoms with Gasteiger partial charge < -0.3 is 9.30 Å². The fraction of sp³-hybridized carbons (Fsp3) is 0.357. The average molecular weight is 516 g/mol. The molecule has 2 aromatic heterocycles. The number of benzene rings is 2. The zero-order chi connectivity index (χ0) is 27.2. The lowest BCUT2D eigenvalue weighted by atomic mass is 9.99. The van der Waals surface area contributed by atoms with Gasteiger partial charge in [0.25, 0.3) is 11.9 Å². The first-order chi connectivity index (χ1) is 18.3. The zero-order valence-corrected chi connectivity index (χ0v) is 22.5. The fourth-order valence-electron chi connectivity index (χ4n) is 4.60. The predicted molar refractivity (Wildman–Crippen MR) is 143 cm³/mol. The lowest BCUT2D eigenvalue weighted by Gasteiger charge is -2.22. The van der Waals surface area contributed by atoms with Crippen LogP contribution in [-0.2, 0) is 24.2 Å². The lowest BCUT2D eigenvalue weighted by Crippen LogP contribution is -2.34. The molecule has 1 amide bonds. The van der Waals surface area contributed by atoms with E-state index < -0.39 is 5.97 Å². The van der Waals surface area contributed by atoms with Crippen LogP contribution in [0.25, 0.3) is 0 Å². The fourth-order valence-corrected chi connectivity index (χ4v) is 4.60. The SMILES string of the molecule is CCCCc1ncc(C(=O)N(Cc2c(C)cc(C)cc2C)c2nn[nH]n2)n1Cc1ccc(C(=O)OC)cc1. The van der Waals surface area contributed by atoms with E-state index >= 15 is 0 Å². The Morgan fingerprint density at radius 3 is 2.39 bits per heavy atom. The molecule has 0 atom stereocenters. The molecule has 0 bridgehead atoms. The molecule has 0 aliphatic carbocycles. The van der Waals surface area contributed by atoms with Crippen molar-refractivity contribution in [2.75, 3.05) is 12.0 Å². The number of anilines is 1. The maximum absolute atomic E-state index is 14.1. The van der Waals surface area contributed by atoms with Crippen LogP contribution in [0.3, 0.4) is 0 Å². The minimum Gasteiger partial charge on any atom is -0.465 e. The van der Waals surface area contributed by atoms with Gasteiger partial charge in [0.05, 0.1) is 25.4 Å². The Balaban J connectivity index is 1.72. The number of carbonyl (C=O) groups excluding carboxylic acids is 2. The van der Waals surface area contributed by atoms with E-state index in [4.69, 9.17) is 4.74 Å². The van der Waals surface area contributed by atoms with E-state index in [1.165, 1.54) is 12.0 Å². The normalized spacial score (nSPS) is 11.0. The summed E-state index contributed by atoms with van der Waals surface area (Å²) in [6.45, 7) is 8.97. The third-order valence-electron chi connectivity index (χ3n) is 6.60. The summed E-state index contributed by atoms with van der Waals surface area (Å²) in [5.41, 5.74) is 6.20. The van der Waals surface area contributed by atoms with Gasteiger partial charge in [0.15, 0.2) is 0 Å². The third-order valence-corrected chi connectivity index (χ3v) is 6.60. The molecular weight excluding hydrogens is 482 g/mol. The number of rotatable bonds is 10. The van der Waals surface area contributed by atoms with Gasteiger partial charge in [-0.25, -0.2) is 9.78 Å². The molecule has 0 unspecified atom stereocenters. The molecule has 0 fully saturated rings. The minimum absolute atomic E-state index is 0.194. The number of methoxy groups -OCH3 is 1.